The van der Waals surface area contributed by atoms with E-state index in [9.17, 15) is 0 Å². The molecule has 3 heterocycles. The summed E-state index contributed by atoms with van der Waals surface area (Å²) in [4.78, 5) is 15.1. The van der Waals surface area contributed by atoms with Gasteiger partial charge in [-0.1, -0.05) is 79.7 Å². The van der Waals surface area contributed by atoms with E-state index >= 15 is 0 Å². The molecule has 0 radical (unpaired) electrons. The number of hydrogen-bond acceptors (Lipinski definition) is 5. The lowest BCUT2D eigenvalue weighted by atomic mass is 9.81. The van der Waals surface area contributed by atoms with Crippen molar-refractivity contribution >= 4 is 44.9 Å². The Hall–Kier alpha value is -4.64. The van der Waals surface area contributed by atoms with Crippen LogP contribution in [0.1, 0.15) is 44.5 Å². The van der Waals surface area contributed by atoms with Crippen LogP contribution < -0.4 is 9.80 Å². The van der Waals surface area contributed by atoms with Crippen molar-refractivity contribution in [1.29, 1.82) is 0 Å². The molecule has 40 heavy (non-hydrogen) atoms. The SMILES string of the molecule is CCc1ccccc1N1c2ncc(C(C)(C)c3cccc4c3oc3ccccc34)nc2N(c2ccccc2)C1C. The van der Waals surface area contributed by atoms with Gasteiger partial charge in [0.25, 0.3) is 0 Å². The van der Waals surface area contributed by atoms with E-state index in [1.165, 1.54) is 11.3 Å². The van der Waals surface area contributed by atoms with Crippen LogP contribution in [0.3, 0.4) is 0 Å². The molecule has 0 bridgehead atoms. The average Bonchev–Trinajstić information content (AvgIpc) is 3.51. The highest BCUT2D eigenvalue weighted by Crippen LogP contribution is 2.48. The molecule has 0 fully saturated rings. The van der Waals surface area contributed by atoms with E-state index in [0.717, 1.165) is 56.9 Å². The van der Waals surface area contributed by atoms with Crippen LogP contribution in [0.25, 0.3) is 21.9 Å². The van der Waals surface area contributed by atoms with Gasteiger partial charge in [0.1, 0.15) is 17.3 Å². The van der Waals surface area contributed by atoms with Gasteiger partial charge >= 0.3 is 0 Å². The largest absolute Gasteiger partial charge is 0.456 e. The lowest BCUT2D eigenvalue weighted by molar-refractivity contribution is 0.591. The van der Waals surface area contributed by atoms with Crippen molar-refractivity contribution in [3.63, 3.8) is 0 Å². The summed E-state index contributed by atoms with van der Waals surface area (Å²) in [6.07, 6.45) is 2.89. The number of para-hydroxylation sites is 4. The van der Waals surface area contributed by atoms with Crippen LogP contribution in [0.5, 0.6) is 0 Å². The van der Waals surface area contributed by atoms with Gasteiger partial charge in [-0.2, -0.15) is 0 Å². The number of benzene rings is 4. The normalized spacial score (nSPS) is 15.2. The minimum atomic E-state index is -0.449. The molecule has 0 spiro atoms. The van der Waals surface area contributed by atoms with Crippen molar-refractivity contribution in [2.24, 2.45) is 0 Å². The number of rotatable bonds is 5. The van der Waals surface area contributed by atoms with Crippen molar-refractivity contribution in [3.05, 3.63) is 120 Å². The summed E-state index contributed by atoms with van der Waals surface area (Å²) in [7, 11) is 0. The fraction of sp³-hybridized carbons (Fsp3) is 0.200. The molecule has 0 N–H and O–H groups in total. The van der Waals surface area contributed by atoms with Crippen molar-refractivity contribution in [1.82, 2.24) is 9.97 Å². The Labute approximate surface area is 234 Å². The molecule has 0 saturated carbocycles. The van der Waals surface area contributed by atoms with E-state index < -0.39 is 5.41 Å². The van der Waals surface area contributed by atoms with E-state index in [-0.39, 0.29) is 6.17 Å². The van der Waals surface area contributed by atoms with Crippen molar-refractivity contribution < 1.29 is 4.42 Å². The Morgan fingerprint density at radius 2 is 1.50 bits per heavy atom. The highest BCUT2D eigenvalue weighted by atomic mass is 16.3. The van der Waals surface area contributed by atoms with E-state index in [0.29, 0.717) is 0 Å². The summed E-state index contributed by atoms with van der Waals surface area (Å²) in [5.41, 5.74) is 6.91. The molecule has 1 unspecified atom stereocenters. The molecule has 5 nitrogen and oxygen atoms in total. The maximum absolute atomic E-state index is 6.43. The fourth-order valence-electron chi connectivity index (χ4n) is 6.14. The molecule has 1 aliphatic rings. The Kier molecular flexibility index (Phi) is 5.63. The van der Waals surface area contributed by atoms with Gasteiger partial charge < -0.3 is 14.2 Å². The molecular weight excluding hydrogens is 492 g/mol. The van der Waals surface area contributed by atoms with E-state index in [1.54, 1.807) is 0 Å². The number of anilines is 4. The maximum Gasteiger partial charge on any atom is 0.178 e. The number of furan rings is 1. The quantitative estimate of drug-likeness (QED) is 0.225. The summed E-state index contributed by atoms with van der Waals surface area (Å²) in [6, 6.07) is 33.7. The second kappa shape index (κ2) is 9.23. The summed E-state index contributed by atoms with van der Waals surface area (Å²) in [5, 5.41) is 2.25. The molecule has 4 aromatic carbocycles. The predicted molar refractivity (Wildman–Crippen MR) is 164 cm³/mol. The average molecular weight is 525 g/mol. The Morgan fingerprint density at radius 3 is 2.33 bits per heavy atom. The lowest BCUT2D eigenvalue weighted by Gasteiger charge is -2.30. The van der Waals surface area contributed by atoms with Gasteiger partial charge in [0.2, 0.25) is 0 Å². The van der Waals surface area contributed by atoms with E-state index in [1.807, 2.05) is 18.3 Å². The highest BCUT2D eigenvalue weighted by Gasteiger charge is 2.40. The first kappa shape index (κ1) is 24.4. The first-order valence-corrected chi connectivity index (χ1v) is 14.0. The molecule has 7 rings (SSSR count). The van der Waals surface area contributed by atoms with Crippen LogP contribution in [0, 0.1) is 0 Å². The number of fused-ring (bicyclic) bond motifs is 4. The first-order chi connectivity index (χ1) is 19.5. The lowest BCUT2D eigenvalue weighted by Crippen LogP contribution is -2.36. The highest BCUT2D eigenvalue weighted by molar-refractivity contribution is 6.06. The van der Waals surface area contributed by atoms with Gasteiger partial charge in [-0.05, 0) is 57.0 Å². The molecule has 6 aromatic rings. The Morgan fingerprint density at radius 1 is 0.775 bits per heavy atom. The number of hydrogen-bond donors (Lipinski definition) is 0. The second-order valence-electron chi connectivity index (χ2n) is 11.0. The molecule has 0 amide bonds. The second-order valence-corrected chi connectivity index (χ2v) is 11.0. The maximum atomic E-state index is 6.43. The smallest absolute Gasteiger partial charge is 0.178 e. The van der Waals surface area contributed by atoms with E-state index in [4.69, 9.17) is 14.4 Å². The zero-order chi connectivity index (χ0) is 27.4. The standard InChI is InChI=1S/C35H32N4O/c1-5-24-14-9-11-20-29(24)39-23(2)38(25-15-7-6-8-16-25)34-33(39)36-22-31(37-34)35(3,4)28-19-13-18-27-26-17-10-12-21-30(26)40-32(27)28/h6-23H,5H2,1-4H3. The molecular formula is C35H32N4O. The molecule has 1 aliphatic heterocycles. The van der Waals surface area contributed by atoms with Crippen LogP contribution in [-0.4, -0.2) is 16.1 Å². The zero-order valence-electron chi connectivity index (χ0n) is 23.3. The number of aryl methyl sites for hydroxylation is 1. The van der Waals surface area contributed by atoms with Crippen LogP contribution >= 0.6 is 0 Å². The number of aromatic nitrogens is 2. The molecule has 0 saturated heterocycles. The molecule has 1 atom stereocenters. The van der Waals surface area contributed by atoms with Gasteiger partial charge in [-0.3, -0.25) is 0 Å². The van der Waals surface area contributed by atoms with Gasteiger partial charge in [0.15, 0.2) is 11.6 Å². The minimum absolute atomic E-state index is 0.00210. The van der Waals surface area contributed by atoms with Crippen LogP contribution in [-0.2, 0) is 11.8 Å². The Bertz CT molecular complexity index is 1860. The van der Waals surface area contributed by atoms with Gasteiger partial charge in [0.05, 0.1) is 11.9 Å². The minimum Gasteiger partial charge on any atom is -0.456 e. The first-order valence-electron chi connectivity index (χ1n) is 14.0. The van der Waals surface area contributed by atoms with E-state index in [2.05, 4.69) is 122 Å². The molecule has 0 aliphatic carbocycles. The molecule has 5 heteroatoms. The monoisotopic (exact) mass is 524 g/mol. The molecule has 2 aromatic heterocycles. The van der Waals surface area contributed by atoms with Gasteiger partial charge in [-0.15, -0.1) is 0 Å². The number of nitrogens with zero attached hydrogens (tertiary/aromatic N) is 4. The third-order valence-corrected chi connectivity index (χ3v) is 8.32. The van der Waals surface area contributed by atoms with Crippen molar-refractivity contribution in [3.8, 4) is 0 Å². The summed E-state index contributed by atoms with van der Waals surface area (Å²) >= 11 is 0. The van der Waals surface area contributed by atoms with Crippen LogP contribution in [0.4, 0.5) is 23.0 Å². The molecule has 198 valence electrons. The summed E-state index contributed by atoms with van der Waals surface area (Å²) < 4.78 is 6.43. The summed E-state index contributed by atoms with van der Waals surface area (Å²) in [6.45, 7) is 8.84. The third kappa shape index (κ3) is 3.61. The van der Waals surface area contributed by atoms with Gasteiger partial charge in [0, 0.05) is 33.1 Å². The zero-order valence-corrected chi connectivity index (χ0v) is 23.3. The predicted octanol–water partition coefficient (Wildman–Crippen LogP) is 8.90. The van der Waals surface area contributed by atoms with Crippen LogP contribution in [0.15, 0.2) is 108 Å². The van der Waals surface area contributed by atoms with Gasteiger partial charge in [-0.25, -0.2) is 9.97 Å². The van der Waals surface area contributed by atoms with Crippen LogP contribution in [0.2, 0.25) is 0 Å². The summed E-state index contributed by atoms with van der Waals surface area (Å²) in [5.74, 6) is 1.74. The van der Waals surface area contributed by atoms with Crippen molar-refractivity contribution in [2.75, 3.05) is 9.80 Å². The third-order valence-electron chi connectivity index (χ3n) is 8.32. The van der Waals surface area contributed by atoms with Crippen molar-refractivity contribution in [2.45, 2.75) is 45.7 Å². The topological polar surface area (TPSA) is 45.4 Å². The fourth-order valence-corrected chi connectivity index (χ4v) is 6.14. The Balaban J connectivity index is 1.41.